The van der Waals surface area contributed by atoms with Gasteiger partial charge in [0.25, 0.3) is 0 Å². The highest BCUT2D eigenvalue weighted by atomic mass is 16.6. The van der Waals surface area contributed by atoms with Crippen molar-refractivity contribution in [3.63, 3.8) is 0 Å². The Morgan fingerprint density at radius 1 is 1.04 bits per heavy atom. The van der Waals surface area contributed by atoms with E-state index in [9.17, 15) is 10.1 Å². The Hall–Kier alpha value is -1.92. The third-order valence-corrected chi connectivity index (χ3v) is 7.06. The molecular formula is C19H27N5O2. The maximum absolute atomic E-state index is 11.9. The number of rotatable bonds is 4. The van der Waals surface area contributed by atoms with Crippen LogP contribution in [-0.2, 0) is 0 Å². The zero-order valence-corrected chi connectivity index (χ0v) is 15.2. The SMILES string of the molecule is O=[N+]([O-])c1c(NC23CC4CC(CC(C4)C2)C3)ncnc1N1CCCCC1. The lowest BCUT2D eigenvalue weighted by atomic mass is 9.53. The number of nitrogens with one attached hydrogen (secondary N) is 1. The first-order valence-corrected chi connectivity index (χ1v) is 10.1. The first-order chi connectivity index (χ1) is 12.6. The smallest absolute Gasteiger partial charge is 0.353 e. The van der Waals surface area contributed by atoms with Gasteiger partial charge in [-0.05, 0) is 75.5 Å². The predicted octanol–water partition coefficient (Wildman–Crippen LogP) is 3.76. The molecule has 0 unspecified atom stereocenters. The van der Waals surface area contributed by atoms with E-state index in [1.165, 1.54) is 32.0 Å². The van der Waals surface area contributed by atoms with Crippen LogP contribution in [-0.4, -0.2) is 33.5 Å². The van der Waals surface area contributed by atoms with E-state index in [1.54, 1.807) is 0 Å². The highest BCUT2D eigenvalue weighted by Crippen LogP contribution is 2.57. The van der Waals surface area contributed by atoms with Gasteiger partial charge in [0.2, 0.25) is 11.6 Å². The van der Waals surface area contributed by atoms with Crippen LogP contribution in [0, 0.1) is 27.9 Å². The fourth-order valence-corrected chi connectivity index (χ4v) is 6.48. The van der Waals surface area contributed by atoms with Crippen LogP contribution in [0.4, 0.5) is 17.3 Å². The third-order valence-electron chi connectivity index (χ3n) is 7.06. The van der Waals surface area contributed by atoms with E-state index in [1.807, 2.05) is 0 Å². The van der Waals surface area contributed by atoms with E-state index in [2.05, 4.69) is 20.2 Å². The monoisotopic (exact) mass is 357 g/mol. The summed E-state index contributed by atoms with van der Waals surface area (Å²) in [6.45, 7) is 1.68. The van der Waals surface area contributed by atoms with Crippen molar-refractivity contribution >= 4 is 17.3 Å². The number of aromatic nitrogens is 2. The lowest BCUT2D eigenvalue weighted by Crippen LogP contribution is -2.55. The summed E-state index contributed by atoms with van der Waals surface area (Å²) >= 11 is 0. The topological polar surface area (TPSA) is 84.2 Å². The van der Waals surface area contributed by atoms with Gasteiger partial charge < -0.3 is 10.2 Å². The fourth-order valence-electron chi connectivity index (χ4n) is 6.48. The number of piperidine rings is 1. The molecule has 1 saturated heterocycles. The second-order valence-electron chi connectivity index (χ2n) is 9.02. The summed E-state index contributed by atoms with van der Waals surface area (Å²) in [4.78, 5) is 22.4. The summed E-state index contributed by atoms with van der Waals surface area (Å²) in [5, 5.41) is 15.5. The summed E-state index contributed by atoms with van der Waals surface area (Å²) in [5.41, 5.74) is 0.0812. The molecule has 4 saturated carbocycles. The van der Waals surface area contributed by atoms with Crippen LogP contribution in [0.15, 0.2) is 6.33 Å². The minimum absolute atomic E-state index is 0.00698. The molecule has 1 aromatic rings. The molecule has 0 amide bonds. The standard InChI is InChI=1S/C19H27N5O2/c25-24(26)16-17(20-12-21-18(16)23-4-2-1-3-5-23)22-19-9-13-6-14(10-19)8-15(7-13)11-19/h12-15H,1-11H2,(H,20,21,22). The minimum atomic E-state index is -0.285. The summed E-state index contributed by atoms with van der Waals surface area (Å²) < 4.78 is 0. The molecule has 5 aliphatic rings. The largest absolute Gasteiger partial charge is 0.359 e. The molecule has 0 atom stereocenters. The van der Waals surface area contributed by atoms with Gasteiger partial charge in [0.1, 0.15) is 6.33 Å². The van der Waals surface area contributed by atoms with E-state index in [0.29, 0.717) is 11.6 Å². The van der Waals surface area contributed by atoms with Crippen molar-refractivity contribution in [2.45, 2.75) is 63.3 Å². The Balaban J connectivity index is 1.48. The average Bonchev–Trinajstić information content (AvgIpc) is 2.60. The fraction of sp³-hybridized carbons (Fsp3) is 0.789. The first kappa shape index (κ1) is 16.3. The highest BCUT2D eigenvalue weighted by Gasteiger charge is 2.51. The van der Waals surface area contributed by atoms with Gasteiger partial charge in [0, 0.05) is 18.6 Å². The van der Waals surface area contributed by atoms with Gasteiger partial charge in [-0.25, -0.2) is 9.97 Å². The van der Waals surface area contributed by atoms with Gasteiger partial charge in [0.15, 0.2) is 0 Å². The summed E-state index contributed by atoms with van der Waals surface area (Å²) in [6.07, 6.45) is 12.3. The molecule has 2 heterocycles. The van der Waals surface area contributed by atoms with Gasteiger partial charge in [-0.3, -0.25) is 10.1 Å². The molecule has 6 rings (SSSR count). The number of nitrogens with zero attached hydrogens (tertiary/aromatic N) is 4. The molecule has 26 heavy (non-hydrogen) atoms. The van der Waals surface area contributed by atoms with E-state index in [-0.39, 0.29) is 16.1 Å². The molecule has 0 aromatic carbocycles. The van der Waals surface area contributed by atoms with Crippen molar-refractivity contribution in [3.05, 3.63) is 16.4 Å². The Morgan fingerprint density at radius 3 is 2.23 bits per heavy atom. The van der Waals surface area contributed by atoms with E-state index < -0.39 is 0 Å². The Morgan fingerprint density at radius 2 is 1.65 bits per heavy atom. The molecule has 1 N–H and O–H groups in total. The van der Waals surface area contributed by atoms with E-state index >= 15 is 0 Å². The zero-order chi connectivity index (χ0) is 17.7. The van der Waals surface area contributed by atoms with Gasteiger partial charge >= 0.3 is 5.69 Å². The number of anilines is 2. The lowest BCUT2D eigenvalue weighted by Gasteiger charge is -2.57. The molecule has 0 spiro atoms. The maximum Gasteiger partial charge on any atom is 0.353 e. The van der Waals surface area contributed by atoms with Gasteiger partial charge in [-0.15, -0.1) is 0 Å². The summed E-state index contributed by atoms with van der Waals surface area (Å²) in [6, 6.07) is 0. The molecule has 7 nitrogen and oxygen atoms in total. The van der Waals surface area contributed by atoms with Gasteiger partial charge in [-0.1, -0.05) is 0 Å². The van der Waals surface area contributed by atoms with E-state index in [0.717, 1.165) is 62.9 Å². The number of nitro groups is 1. The molecule has 1 aliphatic heterocycles. The van der Waals surface area contributed by atoms with Crippen molar-refractivity contribution in [1.82, 2.24) is 9.97 Å². The minimum Gasteiger partial charge on any atom is -0.359 e. The van der Waals surface area contributed by atoms with Crippen LogP contribution in [0.5, 0.6) is 0 Å². The van der Waals surface area contributed by atoms with Crippen LogP contribution < -0.4 is 10.2 Å². The van der Waals surface area contributed by atoms with Crippen LogP contribution in [0.2, 0.25) is 0 Å². The second kappa shape index (κ2) is 6.06. The van der Waals surface area contributed by atoms with Crippen molar-refractivity contribution in [2.75, 3.05) is 23.3 Å². The average molecular weight is 357 g/mol. The molecule has 0 radical (unpaired) electrons. The molecule has 7 heteroatoms. The molecule has 4 aliphatic carbocycles. The predicted molar refractivity (Wildman–Crippen MR) is 99.3 cm³/mol. The van der Waals surface area contributed by atoms with Crippen molar-refractivity contribution in [1.29, 1.82) is 0 Å². The lowest BCUT2D eigenvalue weighted by molar-refractivity contribution is -0.383. The molecule has 5 fully saturated rings. The Bertz CT molecular complexity index is 681. The van der Waals surface area contributed by atoms with Crippen LogP contribution in [0.3, 0.4) is 0 Å². The third kappa shape index (κ3) is 2.72. The van der Waals surface area contributed by atoms with Crippen molar-refractivity contribution in [3.8, 4) is 0 Å². The number of hydrogen-bond donors (Lipinski definition) is 1. The summed E-state index contributed by atoms with van der Waals surface area (Å²) in [5.74, 6) is 3.30. The van der Waals surface area contributed by atoms with Gasteiger partial charge in [0.05, 0.1) is 4.92 Å². The van der Waals surface area contributed by atoms with Crippen LogP contribution in [0.25, 0.3) is 0 Å². The quantitative estimate of drug-likeness (QED) is 0.652. The first-order valence-electron chi connectivity index (χ1n) is 10.1. The normalized spacial score (nSPS) is 35.5. The molecule has 140 valence electrons. The van der Waals surface area contributed by atoms with E-state index in [4.69, 9.17) is 0 Å². The zero-order valence-electron chi connectivity index (χ0n) is 15.2. The molecular weight excluding hydrogens is 330 g/mol. The highest BCUT2D eigenvalue weighted by molar-refractivity contribution is 5.71. The van der Waals surface area contributed by atoms with Crippen molar-refractivity contribution in [2.24, 2.45) is 17.8 Å². The number of hydrogen-bond acceptors (Lipinski definition) is 6. The van der Waals surface area contributed by atoms with Crippen molar-refractivity contribution < 1.29 is 4.92 Å². The Labute approximate surface area is 153 Å². The van der Waals surface area contributed by atoms with Crippen LogP contribution >= 0.6 is 0 Å². The van der Waals surface area contributed by atoms with Crippen LogP contribution in [0.1, 0.15) is 57.8 Å². The molecule has 4 bridgehead atoms. The molecule has 1 aromatic heterocycles. The maximum atomic E-state index is 11.9. The second-order valence-corrected chi connectivity index (χ2v) is 9.02. The Kier molecular flexibility index (Phi) is 3.79. The van der Waals surface area contributed by atoms with Gasteiger partial charge in [-0.2, -0.15) is 0 Å². The summed E-state index contributed by atoms with van der Waals surface area (Å²) in [7, 11) is 0.